The zero-order valence-corrected chi connectivity index (χ0v) is 20.5. The second-order valence-electron chi connectivity index (χ2n) is 9.84. The van der Waals surface area contributed by atoms with Gasteiger partial charge < -0.3 is 0 Å². The highest BCUT2D eigenvalue weighted by Gasteiger charge is 2.06. The minimum absolute atomic E-state index is 0.569. The van der Waals surface area contributed by atoms with Gasteiger partial charge >= 0.3 is 0 Å². The van der Waals surface area contributed by atoms with Gasteiger partial charge in [-0.1, -0.05) is 125 Å². The molecule has 0 fully saturated rings. The van der Waals surface area contributed by atoms with E-state index >= 15 is 0 Å². The zero-order valence-electron chi connectivity index (χ0n) is 20.5. The normalized spacial score (nSPS) is 11.5. The Hall–Kier alpha value is -3.64. The molecule has 0 amide bonds. The summed E-state index contributed by atoms with van der Waals surface area (Å²) >= 11 is 0. The van der Waals surface area contributed by atoms with Crippen LogP contribution in [0.5, 0.6) is 0 Å². The highest BCUT2D eigenvalue weighted by atomic mass is 14.1. The Labute approximate surface area is 202 Å². The van der Waals surface area contributed by atoms with E-state index in [1.807, 2.05) is 0 Å². The molecular formula is C34H32. The van der Waals surface area contributed by atoms with Crippen molar-refractivity contribution in [1.29, 1.82) is 0 Å². The van der Waals surface area contributed by atoms with Crippen molar-refractivity contribution >= 4 is 43.1 Å². The largest absolute Gasteiger partial charge is 0.0616 e. The van der Waals surface area contributed by atoms with E-state index in [0.717, 1.165) is 0 Å². The van der Waals surface area contributed by atoms with Gasteiger partial charge in [-0.3, -0.25) is 0 Å². The van der Waals surface area contributed by atoms with Crippen LogP contribution in [0.2, 0.25) is 0 Å². The third kappa shape index (κ3) is 4.29. The third-order valence-corrected chi connectivity index (χ3v) is 6.84. The molecule has 0 heteroatoms. The van der Waals surface area contributed by atoms with Crippen molar-refractivity contribution in [1.82, 2.24) is 0 Å². The number of benzene rings is 6. The van der Waals surface area contributed by atoms with Crippen LogP contribution in [0.25, 0.3) is 43.1 Å². The molecule has 6 aromatic carbocycles. The fourth-order valence-corrected chi connectivity index (χ4v) is 4.89. The lowest BCUT2D eigenvalue weighted by Crippen LogP contribution is -1.89. The van der Waals surface area contributed by atoms with Crippen LogP contribution in [-0.4, -0.2) is 0 Å². The summed E-state index contributed by atoms with van der Waals surface area (Å²) in [5.74, 6) is 1.16. The van der Waals surface area contributed by atoms with Gasteiger partial charge in [-0.2, -0.15) is 0 Å². The van der Waals surface area contributed by atoms with E-state index in [0.29, 0.717) is 11.8 Å². The lowest BCUT2D eigenvalue weighted by Gasteiger charge is -2.11. The lowest BCUT2D eigenvalue weighted by molar-refractivity contribution is 0.869. The molecule has 0 nitrogen and oxygen atoms in total. The van der Waals surface area contributed by atoms with Crippen LogP contribution in [-0.2, 0) is 0 Å². The van der Waals surface area contributed by atoms with E-state index in [4.69, 9.17) is 0 Å². The Bertz CT molecular complexity index is 1600. The molecule has 6 aromatic rings. The van der Waals surface area contributed by atoms with Gasteiger partial charge in [-0.15, -0.1) is 0 Å². The predicted molar refractivity (Wildman–Crippen MR) is 151 cm³/mol. The summed E-state index contributed by atoms with van der Waals surface area (Å²) in [5.41, 5.74) is 2.85. The quantitative estimate of drug-likeness (QED) is 0.185. The lowest BCUT2D eigenvalue weighted by atomic mass is 9.94. The van der Waals surface area contributed by atoms with Crippen molar-refractivity contribution in [2.75, 3.05) is 0 Å². The molecule has 0 radical (unpaired) electrons. The Morgan fingerprint density at radius 3 is 1.71 bits per heavy atom. The molecule has 0 heterocycles. The first-order valence-electron chi connectivity index (χ1n) is 12.3. The van der Waals surface area contributed by atoms with E-state index in [9.17, 15) is 0 Å². The van der Waals surface area contributed by atoms with E-state index in [-0.39, 0.29) is 0 Å². The summed E-state index contributed by atoms with van der Waals surface area (Å²) in [4.78, 5) is 0. The van der Waals surface area contributed by atoms with Gasteiger partial charge in [0.15, 0.2) is 0 Å². The standard InChI is InChI=1S/2C17H16/c1-12(2)16-9-5-8-15-10-13-6-3-4-7-14(13)11-17(15)16;1-12(2)14-9-10-17-15(11-14)8-7-13-5-3-4-6-16(13)17/h2*3-12H,1-2H3. The molecule has 0 aliphatic carbocycles. The van der Waals surface area contributed by atoms with Crippen LogP contribution >= 0.6 is 0 Å². The van der Waals surface area contributed by atoms with Crippen molar-refractivity contribution in [3.05, 3.63) is 120 Å². The minimum atomic E-state index is 0.569. The first-order valence-corrected chi connectivity index (χ1v) is 12.3. The first-order chi connectivity index (χ1) is 16.5. The summed E-state index contributed by atoms with van der Waals surface area (Å²) in [7, 11) is 0. The van der Waals surface area contributed by atoms with Crippen molar-refractivity contribution in [3.8, 4) is 0 Å². The molecule has 168 valence electrons. The van der Waals surface area contributed by atoms with Gasteiger partial charge in [0.1, 0.15) is 0 Å². The number of fused-ring (bicyclic) bond motifs is 5. The maximum absolute atomic E-state index is 2.32. The fraction of sp³-hybridized carbons (Fsp3) is 0.176. The zero-order chi connectivity index (χ0) is 23.7. The fourth-order valence-electron chi connectivity index (χ4n) is 4.89. The summed E-state index contributed by atoms with van der Waals surface area (Å²) in [6, 6.07) is 39.6. The summed E-state index contributed by atoms with van der Waals surface area (Å²) < 4.78 is 0. The number of rotatable bonds is 2. The van der Waals surface area contributed by atoms with Gasteiger partial charge in [0, 0.05) is 0 Å². The van der Waals surface area contributed by atoms with Crippen LogP contribution in [0.15, 0.2) is 109 Å². The molecule has 0 saturated heterocycles. The minimum Gasteiger partial charge on any atom is -0.0616 e. The smallest absolute Gasteiger partial charge is 0.0105 e. The summed E-state index contributed by atoms with van der Waals surface area (Å²) in [5, 5.41) is 10.7. The van der Waals surface area contributed by atoms with Crippen molar-refractivity contribution < 1.29 is 0 Å². The average Bonchev–Trinajstić information content (AvgIpc) is 2.87. The number of hydrogen-bond donors (Lipinski definition) is 0. The Morgan fingerprint density at radius 2 is 0.971 bits per heavy atom. The van der Waals surface area contributed by atoms with E-state index in [1.54, 1.807) is 0 Å². The molecule has 34 heavy (non-hydrogen) atoms. The number of hydrogen-bond acceptors (Lipinski definition) is 0. The molecule has 0 N–H and O–H groups in total. The molecule has 0 aliphatic heterocycles. The van der Waals surface area contributed by atoms with Crippen LogP contribution in [0.3, 0.4) is 0 Å². The van der Waals surface area contributed by atoms with Crippen LogP contribution in [0.1, 0.15) is 50.7 Å². The summed E-state index contributed by atoms with van der Waals surface area (Å²) in [6.45, 7) is 8.98. The first kappa shape index (κ1) is 22.2. The van der Waals surface area contributed by atoms with E-state index in [1.165, 1.54) is 54.2 Å². The second kappa shape index (κ2) is 9.31. The molecule has 0 unspecified atom stereocenters. The molecule has 0 saturated carbocycles. The average molecular weight is 441 g/mol. The Morgan fingerprint density at radius 1 is 0.382 bits per heavy atom. The third-order valence-electron chi connectivity index (χ3n) is 6.84. The van der Waals surface area contributed by atoms with Gasteiger partial charge in [-0.05, 0) is 78.2 Å². The highest BCUT2D eigenvalue weighted by Crippen LogP contribution is 2.30. The van der Waals surface area contributed by atoms with Gasteiger partial charge in [0.05, 0.1) is 0 Å². The molecule has 0 spiro atoms. The van der Waals surface area contributed by atoms with Crippen LogP contribution in [0.4, 0.5) is 0 Å². The van der Waals surface area contributed by atoms with Gasteiger partial charge in [0.2, 0.25) is 0 Å². The van der Waals surface area contributed by atoms with Crippen LogP contribution in [0, 0.1) is 0 Å². The second-order valence-corrected chi connectivity index (χ2v) is 9.84. The van der Waals surface area contributed by atoms with Crippen LogP contribution < -0.4 is 0 Å². The van der Waals surface area contributed by atoms with Crippen molar-refractivity contribution in [3.63, 3.8) is 0 Å². The predicted octanol–water partition coefficient (Wildman–Crippen LogP) is 10.2. The molecule has 0 aromatic heterocycles. The monoisotopic (exact) mass is 440 g/mol. The van der Waals surface area contributed by atoms with Gasteiger partial charge in [0.25, 0.3) is 0 Å². The molecular weight excluding hydrogens is 408 g/mol. The highest BCUT2D eigenvalue weighted by molar-refractivity contribution is 6.07. The van der Waals surface area contributed by atoms with E-state index < -0.39 is 0 Å². The maximum atomic E-state index is 2.32. The summed E-state index contributed by atoms with van der Waals surface area (Å²) in [6.07, 6.45) is 0. The molecule has 0 bridgehead atoms. The topological polar surface area (TPSA) is 0 Å². The molecule has 6 rings (SSSR count). The van der Waals surface area contributed by atoms with E-state index in [2.05, 4.69) is 137 Å². The van der Waals surface area contributed by atoms with Crippen molar-refractivity contribution in [2.45, 2.75) is 39.5 Å². The van der Waals surface area contributed by atoms with Crippen molar-refractivity contribution in [2.24, 2.45) is 0 Å². The maximum Gasteiger partial charge on any atom is -0.0105 e. The molecule has 0 aliphatic rings. The van der Waals surface area contributed by atoms with Gasteiger partial charge in [-0.25, -0.2) is 0 Å². The Kier molecular flexibility index (Phi) is 6.07. The SMILES string of the molecule is CC(C)c1ccc2c(ccc3ccccc32)c1.CC(C)c1cccc2cc3ccccc3cc12. The Balaban J connectivity index is 0.000000142. The molecule has 0 atom stereocenters.